The fraction of sp³-hybridized carbons (Fsp3) is 0.680. The van der Waals surface area contributed by atoms with Gasteiger partial charge in [-0.25, -0.2) is 0 Å². The van der Waals surface area contributed by atoms with Gasteiger partial charge in [-0.3, -0.25) is 15.1 Å². The number of ether oxygens (including phenoxy) is 1. The molecule has 4 aliphatic carbocycles. The van der Waals surface area contributed by atoms with Gasteiger partial charge in [0, 0.05) is 31.6 Å². The van der Waals surface area contributed by atoms with Crippen LogP contribution in [0.5, 0.6) is 0 Å². The second-order valence-electron chi connectivity index (χ2n) is 10.6. The van der Waals surface area contributed by atoms with E-state index in [1.54, 1.807) is 0 Å². The summed E-state index contributed by atoms with van der Waals surface area (Å²) in [6, 6.07) is 8.24. The van der Waals surface area contributed by atoms with Crippen LogP contribution in [0.15, 0.2) is 24.3 Å². The van der Waals surface area contributed by atoms with E-state index in [1.807, 2.05) is 16.7 Å². The van der Waals surface area contributed by atoms with E-state index in [9.17, 15) is 4.79 Å². The van der Waals surface area contributed by atoms with E-state index in [0.29, 0.717) is 17.9 Å². The Kier molecular flexibility index (Phi) is 4.83. The number of carbonyl (C=O) groups excluding carboxylic acids is 1. The van der Waals surface area contributed by atoms with Crippen LogP contribution in [0.2, 0.25) is 0 Å². The molecule has 6 nitrogen and oxygen atoms in total. The Labute approximate surface area is 183 Å². The van der Waals surface area contributed by atoms with Crippen molar-refractivity contribution in [2.75, 3.05) is 32.8 Å². The molecular weight excluding hydrogens is 388 g/mol. The van der Waals surface area contributed by atoms with Crippen LogP contribution >= 0.6 is 0 Å². The first-order chi connectivity index (χ1) is 15.1. The van der Waals surface area contributed by atoms with Crippen LogP contribution < -0.4 is 5.62 Å². The fourth-order valence-electron chi connectivity index (χ4n) is 7.51. The van der Waals surface area contributed by atoms with Crippen LogP contribution in [0.3, 0.4) is 0 Å². The Balaban J connectivity index is 1.28. The number of aromatic nitrogens is 2. The highest BCUT2D eigenvalue weighted by Crippen LogP contribution is 2.60. The van der Waals surface area contributed by atoms with Crippen molar-refractivity contribution in [2.24, 2.45) is 23.2 Å². The van der Waals surface area contributed by atoms with Crippen LogP contribution in [0.1, 0.15) is 38.5 Å². The molecule has 4 saturated carbocycles. The van der Waals surface area contributed by atoms with Crippen molar-refractivity contribution in [3.63, 3.8) is 0 Å². The molecule has 6 heteroatoms. The monoisotopic (exact) mass is 422 g/mol. The third-order valence-electron chi connectivity index (χ3n) is 8.65. The largest absolute Gasteiger partial charge is 0.379 e. The molecule has 1 N–H and O–H groups in total. The van der Waals surface area contributed by atoms with Crippen LogP contribution in [0.25, 0.3) is 11.0 Å². The fourth-order valence-corrected chi connectivity index (χ4v) is 7.51. The molecule has 4 bridgehead atoms. The molecule has 166 valence electrons. The molecule has 0 unspecified atom stereocenters. The third-order valence-corrected chi connectivity index (χ3v) is 8.65. The third kappa shape index (κ3) is 3.39. The van der Waals surface area contributed by atoms with Crippen LogP contribution in [-0.2, 0) is 22.6 Å². The van der Waals surface area contributed by atoms with E-state index in [4.69, 9.17) is 10.1 Å². The lowest BCUT2D eigenvalue weighted by Gasteiger charge is -2.56. The number of fused-ring (bicyclic) bond motifs is 1. The quantitative estimate of drug-likeness (QED) is 0.778. The molecule has 1 aromatic heterocycles. The Bertz CT molecular complexity index is 1010. The number of Topliss-reactive ketones (excluding diaryl/α,β-unsaturated/α-hetero) is 1. The van der Waals surface area contributed by atoms with Crippen molar-refractivity contribution in [3.05, 3.63) is 29.9 Å². The van der Waals surface area contributed by atoms with Gasteiger partial charge in [-0.2, -0.15) is 0 Å². The molecule has 0 atom stereocenters. The topological polar surface area (TPSA) is 63.2 Å². The van der Waals surface area contributed by atoms with Gasteiger partial charge in [-0.15, -0.1) is 0 Å². The first-order valence-electron chi connectivity index (χ1n) is 12.2. The van der Waals surface area contributed by atoms with Crippen LogP contribution in [0, 0.1) is 28.6 Å². The summed E-state index contributed by atoms with van der Waals surface area (Å²) in [6.07, 6.45) is 7.35. The number of hydrogen-bond donors (Lipinski definition) is 1. The summed E-state index contributed by atoms with van der Waals surface area (Å²) in [5.41, 5.74) is 2.45. The second-order valence-corrected chi connectivity index (χ2v) is 10.6. The van der Waals surface area contributed by atoms with Crippen molar-refractivity contribution in [2.45, 2.75) is 51.6 Å². The zero-order chi connectivity index (χ0) is 21.0. The lowest BCUT2D eigenvalue weighted by Crippen LogP contribution is -2.51. The van der Waals surface area contributed by atoms with Crippen molar-refractivity contribution in [3.8, 4) is 0 Å². The van der Waals surface area contributed by atoms with E-state index in [1.165, 1.54) is 19.3 Å². The second kappa shape index (κ2) is 7.59. The van der Waals surface area contributed by atoms with Gasteiger partial charge in [-0.05, 0) is 68.4 Å². The average Bonchev–Trinajstić information content (AvgIpc) is 3.03. The molecule has 5 aliphatic rings. The number of nitrogens with one attached hydrogen (secondary N) is 1. The highest BCUT2D eigenvalue weighted by Gasteiger charge is 2.54. The molecule has 1 saturated heterocycles. The maximum absolute atomic E-state index is 13.7. The maximum atomic E-state index is 13.7. The molecule has 1 aromatic carbocycles. The number of ketones is 1. The standard InChI is InChI=1S/C25H34N4O2/c26-24-28(6-5-27-7-9-31-10-8-27)21-3-1-2-4-22(21)29(24)17-23(30)25-14-18-11-19(15-25)13-20(12-18)16-25/h1-4,18-20,26H,5-17H2. The minimum Gasteiger partial charge on any atom is -0.379 e. The Morgan fingerprint density at radius 1 is 0.935 bits per heavy atom. The Morgan fingerprint density at radius 3 is 2.13 bits per heavy atom. The van der Waals surface area contributed by atoms with Gasteiger partial charge in [0.2, 0.25) is 5.62 Å². The number of para-hydroxylation sites is 2. The number of imidazole rings is 1. The zero-order valence-corrected chi connectivity index (χ0v) is 18.4. The number of nitrogens with zero attached hydrogens (tertiary/aromatic N) is 3. The highest BCUT2D eigenvalue weighted by atomic mass is 16.5. The first-order valence-corrected chi connectivity index (χ1v) is 12.2. The van der Waals surface area contributed by atoms with Gasteiger partial charge in [0.1, 0.15) is 0 Å². The van der Waals surface area contributed by atoms with Gasteiger partial charge < -0.3 is 13.9 Å². The SMILES string of the molecule is N=c1n(CCN2CCOCC2)c2ccccc2n1CC(=O)C12CC3CC(CC(C3)C1)C2. The van der Waals surface area contributed by atoms with Crippen molar-refractivity contribution in [1.29, 1.82) is 5.41 Å². The van der Waals surface area contributed by atoms with E-state index in [2.05, 4.69) is 21.6 Å². The number of benzene rings is 1. The molecular formula is C25H34N4O2. The lowest BCUT2D eigenvalue weighted by molar-refractivity contribution is -0.144. The predicted molar refractivity (Wildman–Crippen MR) is 119 cm³/mol. The molecule has 7 rings (SSSR count). The summed E-state index contributed by atoms with van der Waals surface area (Å²) in [5, 5.41) is 8.95. The van der Waals surface area contributed by atoms with Crippen molar-refractivity contribution < 1.29 is 9.53 Å². The first kappa shape index (κ1) is 19.7. The molecule has 31 heavy (non-hydrogen) atoms. The highest BCUT2D eigenvalue weighted by molar-refractivity contribution is 5.87. The van der Waals surface area contributed by atoms with Gasteiger partial charge >= 0.3 is 0 Å². The minimum atomic E-state index is -0.106. The molecule has 2 heterocycles. The van der Waals surface area contributed by atoms with Crippen molar-refractivity contribution >= 4 is 16.8 Å². The number of morpholine rings is 1. The van der Waals surface area contributed by atoms with E-state index < -0.39 is 0 Å². The normalized spacial score (nSPS) is 32.7. The van der Waals surface area contributed by atoms with Gasteiger partial charge in [0.05, 0.1) is 30.8 Å². The Hall–Kier alpha value is -1.92. The van der Waals surface area contributed by atoms with E-state index in [0.717, 1.165) is 87.4 Å². The van der Waals surface area contributed by atoms with Gasteiger partial charge in [0.15, 0.2) is 5.78 Å². The molecule has 1 aliphatic heterocycles. The van der Waals surface area contributed by atoms with Crippen molar-refractivity contribution in [1.82, 2.24) is 14.0 Å². The van der Waals surface area contributed by atoms with Gasteiger partial charge in [-0.1, -0.05) is 12.1 Å². The Morgan fingerprint density at radius 2 is 1.52 bits per heavy atom. The number of carbonyl (C=O) groups is 1. The summed E-state index contributed by atoms with van der Waals surface area (Å²) in [6.45, 7) is 5.54. The van der Waals surface area contributed by atoms with Crippen LogP contribution in [0.4, 0.5) is 0 Å². The average molecular weight is 423 g/mol. The molecule has 0 spiro atoms. The summed E-state index contributed by atoms with van der Waals surface area (Å²) in [7, 11) is 0. The van der Waals surface area contributed by atoms with E-state index >= 15 is 0 Å². The smallest absolute Gasteiger partial charge is 0.203 e. The zero-order valence-electron chi connectivity index (χ0n) is 18.4. The maximum Gasteiger partial charge on any atom is 0.203 e. The predicted octanol–water partition coefficient (Wildman–Crippen LogP) is 3.04. The number of hydrogen-bond acceptors (Lipinski definition) is 4. The summed E-state index contributed by atoms with van der Waals surface area (Å²) >= 11 is 0. The summed E-state index contributed by atoms with van der Waals surface area (Å²) in [5.74, 6) is 2.70. The summed E-state index contributed by atoms with van der Waals surface area (Å²) < 4.78 is 9.54. The van der Waals surface area contributed by atoms with Crippen LogP contribution in [-0.4, -0.2) is 52.7 Å². The lowest BCUT2D eigenvalue weighted by atomic mass is 9.48. The van der Waals surface area contributed by atoms with Gasteiger partial charge in [0.25, 0.3) is 0 Å². The molecule has 0 amide bonds. The molecule has 0 radical (unpaired) electrons. The molecule has 5 fully saturated rings. The number of rotatable bonds is 6. The summed E-state index contributed by atoms with van der Waals surface area (Å²) in [4.78, 5) is 16.1. The van der Waals surface area contributed by atoms with E-state index in [-0.39, 0.29) is 5.41 Å². The molecule has 2 aromatic rings. The minimum absolute atomic E-state index is 0.106.